The van der Waals surface area contributed by atoms with E-state index in [0.717, 1.165) is 35.5 Å². The van der Waals surface area contributed by atoms with Crippen LogP contribution in [0.2, 0.25) is 0 Å². The van der Waals surface area contributed by atoms with Gasteiger partial charge in [-0.3, -0.25) is 0 Å². The van der Waals surface area contributed by atoms with Crippen LogP contribution in [0, 0.1) is 12.8 Å². The molecule has 4 N–H and O–H groups in total. The summed E-state index contributed by atoms with van der Waals surface area (Å²) in [7, 11) is 0. The van der Waals surface area contributed by atoms with E-state index in [2.05, 4.69) is 20.7 Å². The normalized spacial score (nSPS) is 18.4. The second kappa shape index (κ2) is 5.33. The Morgan fingerprint density at radius 3 is 2.53 bits per heavy atom. The molecule has 0 amide bonds. The van der Waals surface area contributed by atoms with Gasteiger partial charge in [0.15, 0.2) is 0 Å². The largest absolute Gasteiger partial charge is 0.370 e. The highest BCUT2D eigenvalue weighted by atomic mass is 15.3. The predicted octanol–water partition coefficient (Wildman–Crippen LogP) is 2.55. The van der Waals surface area contributed by atoms with Crippen LogP contribution in [-0.4, -0.2) is 16.5 Å². The Morgan fingerprint density at radius 2 is 1.89 bits per heavy atom. The number of nitrogens with two attached hydrogens (primary N) is 1. The fourth-order valence-corrected chi connectivity index (χ4v) is 2.37. The molecule has 104 valence electrons. The van der Waals surface area contributed by atoms with Gasteiger partial charge in [-0.1, -0.05) is 12.8 Å². The first kappa shape index (κ1) is 12.7. The van der Waals surface area contributed by atoms with Crippen molar-refractivity contribution in [3.8, 4) is 0 Å². The van der Waals surface area contributed by atoms with Crippen LogP contribution in [0.5, 0.6) is 0 Å². The van der Waals surface area contributed by atoms with Crippen molar-refractivity contribution < 1.29 is 0 Å². The van der Waals surface area contributed by atoms with E-state index < -0.39 is 0 Å². The highest BCUT2D eigenvalue weighted by Crippen LogP contribution is 2.39. The Morgan fingerprint density at radius 1 is 1.16 bits per heavy atom. The second-order valence-electron chi connectivity index (χ2n) is 5.84. The van der Waals surface area contributed by atoms with Crippen LogP contribution in [0.1, 0.15) is 55.8 Å². The number of nitrogen functional groups attached to an aromatic ring is 1. The van der Waals surface area contributed by atoms with Gasteiger partial charge in [0.2, 0.25) is 0 Å². The highest BCUT2D eigenvalue weighted by molar-refractivity contribution is 5.57. The van der Waals surface area contributed by atoms with E-state index >= 15 is 0 Å². The number of anilines is 2. The number of nitrogens with zero attached hydrogens (tertiary/aromatic N) is 2. The molecule has 0 saturated heterocycles. The Balaban J connectivity index is 1.64. The third-order valence-electron chi connectivity index (χ3n) is 4.02. The van der Waals surface area contributed by atoms with Crippen LogP contribution in [0.15, 0.2) is 0 Å². The van der Waals surface area contributed by atoms with Crippen molar-refractivity contribution in [2.24, 2.45) is 11.8 Å². The Kier molecular flexibility index (Phi) is 3.55. The standard InChI is InChI=1S/C14H23N5/c1-9-12(16-8-2-3-10-4-5-10)17-14(11-6-7-11)18-13(9)19-15/h10-11H,2-8,15H2,1H3,(H2,16,17,18,19). The van der Waals surface area contributed by atoms with Crippen molar-refractivity contribution in [3.63, 3.8) is 0 Å². The summed E-state index contributed by atoms with van der Waals surface area (Å²) in [5.74, 6) is 9.71. The molecule has 19 heavy (non-hydrogen) atoms. The molecule has 0 bridgehead atoms. The number of rotatable bonds is 7. The maximum Gasteiger partial charge on any atom is 0.148 e. The summed E-state index contributed by atoms with van der Waals surface area (Å²) in [5.41, 5.74) is 3.70. The zero-order valence-corrected chi connectivity index (χ0v) is 11.6. The third-order valence-corrected chi connectivity index (χ3v) is 4.02. The van der Waals surface area contributed by atoms with Crippen LogP contribution < -0.4 is 16.6 Å². The minimum atomic E-state index is 0.541. The monoisotopic (exact) mass is 261 g/mol. The second-order valence-corrected chi connectivity index (χ2v) is 5.84. The van der Waals surface area contributed by atoms with Crippen molar-refractivity contribution in [3.05, 3.63) is 11.4 Å². The summed E-state index contributed by atoms with van der Waals surface area (Å²) in [6.07, 6.45) is 7.83. The lowest BCUT2D eigenvalue weighted by Gasteiger charge is -2.13. The molecule has 2 aliphatic rings. The van der Waals surface area contributed by atoms with Gasteiger partial charge >= 0.3 is 0 Å². The molecule has 1 heterocycles. The van der Waals surface area contributed by atoms with E-state index in [1.54, 1.807) is 0 Å². The molecule has 5 heteroatoms. The minimum absolute atomic E-state index is 0.541. The maximum atomic E-state index is 5.54. The molecule has 0 unspecified atom stereocenters. The van der Waals surface area contributed by atoms with Gasteiger partial charge in [-0.15, -0.1) is 0 Å². The van der Waals surface area contributed by atoms with E-state index in [4.69, 9.17) is 5.84 Å². The molecular formula is C14H23N5. The summed E-state index contributed by atoms with van der Waals surface area (Å²) in [5, 5.41) is 3.45. The van der Waals surface area contributed by atoms with Gasteiger partial charge in [-0.2, -0.15) is 0 Å². The molecule has 2 fully saturated rings. The zero-order valence-electron chi connectivity index (χ0n) is 11.6. The molecule has 2 aliphatic carbocycles. The van der Waals surface area contributed by atoms with Gasteiger partial charge in [0, 0.05) is 18.0 Å². The molecule has 0 spiro atoms. The maximum absolute atomic E-state index is 5.54. The first-order chi connectivity index (χ1) is 9.28. The van der Waals surface area contributed by atoms with Crippen LogP contribution in [-0.2, 0) is 0 Å². The lowest BCUT2D eigenvalue weighted by molar-refractivity contribution is 0.686. The molecule has 0 atom stereocenters. The number of aromatic nitrogens is 2. The van der Waals surface area contributed by atoms with E-state index in [0.29, 0.717) is 5.92 Å². The number of hydrogen-bond acceptors (Lipinski definition) is 5. The minimum Gasteiger partial charge on any atom is -0.370 e. The molecular weight excluding hydrogens is 238 g/mol. The molecule has 1 aromatic rings. The van der Waals surface area contributed by atoms with Gasteiger partial charge in [-0.05, 0) is 38.5 Å². The van der Waals surface area contributed by atoms with E-state index in [1.807, 2.05) is 6.92 Å². The van der Waals surface area contributed by atoms with Crippen LogP contribution in [0.4, 0.5) is 11.6 Å². The SMILES string of the molecule is Cc1c(NN)nc(C2CC2)nc1NCCCC1CC1. The van der Waals surface area contributed by atoms with Crippen molar-refractivity contribution in [2.75, 3.05) is 17.3 Å². The molecule has 2 saturated carbocycles. The van der Waals surface area contributed by atoms with Gasteiger partial charge in [0.25, 0.3) is 0 Å². The average molecular weight is 261 g/mol. The Bertz CT molecular complexity index is 451. The van der Waals surface area contributed by atoms with Gasteiger partial charge in [0.1, 0.15) is 17.5 Å². The topological polar surface area (TPSA) is 75.9 Å². The average Bonchev–Trinajstić information content (AvgIpc) is 3.28. The molecule has 0 aliphatic heterocycles. The Labute approximate surface area is 114 Å². The predicted molar refractivity (Wildman–Crippen MR) is 77.0 cm³/mol. The first-order valence-electron chi connectivity index (χ1n) is 7.37. The summed E-state index contributed by atoms with van der Waals surface area (Å²) in [4.78, 5) is 9.15. The summed E-state index contributed by atoms with van der Waals surface area (Å²) < 4.78 is 0. The van der Waals surface area contributed by atoms with Gasteiger partial charge in [-0.25, -0.2) is 15.8 Å². The number of hydrogen-bond donors (Lipinski definition) is 3. The molecule has 0 radical (unpaired) electrons. The zero-order chi connectivity index (χ0) is 13.2. The van der Waals surface area contributed by atoms with Crippen LogP contribution in [0.25, 0.3) is 0 Å². The molecule has 5 nitrogen and oxygen atoms in total. The van der Waals surface area contributed by atoms with E-state index in [9.17, 15) is 0 Å². The fraction of sp³-hybridized carbons (Fsp3) is 0.714. The van der Waals surface area contributed by atoms with Crippen molar-refractivity contribution in [2.45, 2.75) is 51.4 Å². The van der Waals surface area contributed by atoms with Crippen molar-refractivity contribution in [1.29, 1.82) is 0 Å². The first-order valence-corrected chi connectivity index (χ1v) is 7.37. The van der Waals surface area contributed by atoms with Crippen molar-refractivity contribution in [1.82, 2.24) is 9.97 Å². The third kappa shape index (κ3) is 3.15. The quantitative estimate of drug-likeness (QED) is 0.399. The Hall–Kier alpha value is -1.36. The lowest BCUT2D eigenvalue weighted by Crippen LogP contribution is -2.15. The van der Waals surface area contributed by atoms with E-state index in [-0.39, 0.29) is 0 Å². The lowest BCUT2D eigenvalue weighted by atomic mass is 10.2. The molecule has 1 aromatic heterocycles. The van der Waals surface area contributed by atoms with Gasteiger partial charge < -0.3 is 10.7 Å². The highest BCUT2D eigenvalue weighted by Gasteiger charge is 2.28. The van der Waals surface area contributed by atoms with Crippen LogP contribution >= 0.6 is 0 Å². The summed E-state index contributed by atoms with van der Waals surface area (Å²) >= 11 is 0. The summed E-state index contributed by atoms with van der Waals surface area (Å²) in [6, 6.07) is 0. The van der Waals surface area contributed by atoms with Gasteiger partial charge in [0.05, 0.1) is 0 Å². The fourth-order valence-electron chi connectivity index (χ4n) is 2.37. The van der Waals surface area contributed by atoms with Crippen LogP contribution in [0.3, 0.4) is 0 Å². The molecule has 3 rings (SSSR count). The number of nitrogens with one attached hydrogen (secondary N) is 2. The molecule has 0 aromatic carbocycles. The smallest absolute Gasteiger partial charge is 0.148 e. The van der Waals surface area contributed by atoms with E-state index in [1.165, 1.54) is 38.5 Å². The summed E-state index contributed by atoms with van der Waals surface area (Å²) in [6.45, 7) is 3.00. The van der Waals surface area contributed by atoms with Crippen molar-refractivity contribution >= 4 is 11.6 Å². The number of hydrazine groups is 1.